The Labute approximate surface area is 143 Å². The quantitative estimate of drug-likeness (QED) is 0.905. The summed E-state index contributed by atoms with van der Waals surface area (Å²) in [7, 11) is 3.80. The van der Waals surface area contributed by atoms with E-state index in [0.29, 0.717) is 29.9 Å². The number of aromatic hydroxyl groups is 1. The summed E-state index contributed by atoms with van der Waals surface area (Å²) in [4.78, 5) is 14.0. The molecule has 0 amide bonds. The molecule has 3 atom stereocenters. The molecule has 1 heterocycles. The highest BCUT2D eigenvalue weighted by molar-refractivity contribution is 5.90. The van der Waals surface area contributed by atoms with Crippen molar-refractivity contribution in [2.24, 2.45) is 5.92 Å². The molecule has 1 aromatic rings. The Hall–Kier alpha value is -1.81. The third-order valence-electron chi connectivity index (χ3n) is 6.14. The number of allylic oxidation sites excluding steroid dienone is 2. The fraction of sp³-hybridized carbons (Fsp3) is 0.550. The van der Waals surface area contributed by atoms with Crippen LogP contribution in [-0.2, 0) is 11.2 Å². The molecule has 2 aliphatic carbocycles. The van der Waals surface area contributed by atoms with Crippen LogP contribution in [0.2, 0.25) is 0 Å². The molecule has 0 fully saturated rings. The minimum absolute atomic E-state index is 0.219. The lowest BCUT2D eigenvalue weighted by Gasteiger charge is -2.43. The molecule has 0 bridgehead atoms. The van der Waals surface area contributed by atoms with Gasteiger partial charge in [-0.2, -0.15) is 0 Å². The van der Waals surface area contributed by atoms with Crippen LogP contribution >= 0.6 is 0 Å². The van der Waals surface area contributed by atoms with Crippen molar-refractivity contribution in [1.82, 2.24) is 4.90 Å². The number of ether oxygens (including phenoxy) is 1. The molecule has 4 nitrogen and oxygen atoms in total. The van der Waals surface area contributed by atoms with E-state index in [4.69, 9.17) is 4.74 Å². The highest BCUT2D eigenvalue weighted by atomic mass is 16.5. The molecule has 4 rings (SSSR count). The van der Waals surface area contributed by atoms with Gasteiger partial charge in [-0.1, -0.05) is 6.08 Å². The molecule has 4 heteroatoms. The van der Waals surface area contributed by atoms with E-state index in [1.54, 1.807) is 13.2 Å². The van der Waals surface area contributed by atoms with E-state index < -0.39 is 0 Å². The second kappa shape index (κ2) is 5.92. The van der Waals surface area contributed by atoms with Crippen LogP contribution in [0.25, 0.3) is 0 Å². The average Bonchev–Trinajstić information content (AvgIpc) is 2.60. The molecule has 0 aromatic heterocycles. The number of phenolic OH excluding ortho intramolecular Hbond substituents is 1. The Balaban J connectivity index is 1.85. The maximum Gasteiger partial charge on any atom is 0.161 e. The van der Waals surface area contributed by atoms with Crippen LogP contribution in [0.3, 0.4) is 0 Å². The minimum Gasteiger partial charge on any atom is -0.504 e. The Bertz CT molecular complexity index is 709. The van der Waals surface area contributed by atoms with E-state index in [-0.39, 0.29) is 11.7 Å². The Kier molecular flexibility index (Phi) is 3.87. The lowest BCUT2D eigenvalue weighted by atomic mass is 9.68. The normalized spacial score (nSPS) is 29.4. The molecule has 24 heavy (non-hydrogen) atoms. The average molecular weight is 327 g/mol. The minimum atomic E-state index is 0.219. The maximum absolute atomic E-state index is 11.5. The van der Waals surface area contributed by atoms with Gasteiger partial charge in [0.1, 0.15) is 0 Å². The molecule has 1 aliphatic heterocycles. The Morgan fingerprint density at radius 2 is 2.04 bits per heavy atom. The first-order valence-corrected chi connectivity index (χ1v) is 8.94. The van der Waals surface area contributed by atoms with Gasteiger partial charge in [0.15, 0.2) is 17.3 Å². The molecule has 0 saturated carbocycles. The van der Waals surface area contributed by atoms with Crippen molar-refractivity contribution < 1.29 is 14.6 Å². The highest BCUT2D eigenvalue weighted by Crippen LogP contribution is 2.53. The predicted octanol–water partition coefficient (Wildman–Crippen LogP) is 3.34. The van der Waals surface area contributed by atoms with Crippen LogP contribution in [0.15, 0.2) is 18.2 Å². The van der Waals surface area contributed by atoms with Crippen LogP contribution in [0, 0.1) is 5.92 Å². The number of benzene rings is 1. The van der Waals surface area contributed by atoms with Gasteiger partial charge in [0.25, 0.3) is 0 Å². The van der Waals surface area contributed by atoms with Gasteiger partial charge in [-0.05, 0) is 67.8 Å². The molecular weight excluding hydrogens is 302 g/mol. The van der Waals surface area contributed by atoms with Gasteiger partial charge in [0, 0.05) is 24.6 Å². The summed E-state index contributed by atoms with van der Waals surface area (Å²) < 4.78 is 5.46. The summed E-state index contributed by atoms with van der Waals surface area (Å²) in [6, 6.07) is 2.42. The second-order valence-electron chi connectivity index (χ2n) is 7.37. The zero-order chi connectivity index (χ0) is 16.8. The van der Waals surface area contributed by atoms with E-state index >= 15 is 0 Å². The topological polar surface area (TPSA) is 49.8 Å². The Morgan fingerprint density at radius 1 is 1.21 bits per heavy atom. The second-order valence-corrected chi connectivity index (χ2v) is 7.37. The molecule has 3 aliphatic rings. The van der Waals surface area contributed by atoms with Gasteiger partial charge in [-0.15, -0.1) is 0 Å². The SMILES string of the molecule is COc1cc2c3c(c1O)[C@H]([C@@H]1C=CC(=O)CC1)CC[C@H]3N(C)CC2. The van der Waals surface area contributed by atoms with Crippen LogP contribution in [0.4, 0.5) is 0 Å². The van der Waals surface area contributed by atoms with Crippen molar-refractivity contribution in [2.75, 3.05) is 20.7 Å². The fourth-order valence-electron chi connectivity index (χ4n) is 4.87. The van der Waals surface area contributed by atoms with Crippen molar-refractivity contribution >= 4 is 5.78 Å². The van der Waals surface area contributed by atoms with E-state index in [2.05, 4.69) is 18.0 Å². The Morgan fingerprint density at radius 3 is 2.75 bits per heavy atom. The summed E-state index contributed by atoms with van der Waals surface area (Å²) >= 11 is 0. The third kappa shape index (κ3) is 2.35. The first kappa shape index (κ1) is 15.7. The number of ketones is 1. The van der Waals surface area contributed by atoms with E-state index in [1.165, 1.54) is 11.1 Å². The lowest BCUT2D eigenvalue weighted by molar-refractivity contribution is -0.115. The van der Waals surface area contributed by atoms with Crippen LogP contribution in [0.1, 0.15) is 54.3 Å². The van der Waals surface area contributed by atoms with E-state index in [0.717, 1.165) is 37.8 Å². The summed E-state index contributed by atoms with van der Waals surface area (Å²) in [6.45, 7) is 1.05. The first-order chi connectivity index (χ1) is 11.6. The number of rotatable bonds is 2. The summed E-state index contributed by atoms with van der Waals surface area (Å²) in [5, 5.41) is 10.9. The molecule has 128 valence electrons. The van der Waals surface area contributed by atoms with Crippen molar-refractivity contribution in [2.45, 2.75) is 44.1 Å². The van der Waals surface area contributed by atoms with Crippen molar-refractivity contribution in [3.63, 3.8) is 0 Å². The van der Waals surface area contributed by atoms with Gasteiger partial charge < -0.3 is 9.84 Å². The number of methoxy groups -OCH3 is 1. The van der Waals surface area contributed by atoms with Crippen LogP contribution in [-0.4, -0.2) is 36.5 Å². The molecular formula is C20H25NO3. The van der Waals surface area contributed by atoms with Gasteiger partial charge >= 0.3 is 0 Å². The van der Waals surface area contributed by atoms with Gasteiger partial charge in [0.05, 0.1) is 7.11 Å². The first-order valence-electron chi connectivity index (χ1n) is 8.94. The van der Waals surface area contributed by atoms with Crippen molar-refractivity contribution in [3.8, 4) is 11.5 Å². The smallest absolute Gasteiger partial charge is 0.161 e. The fourth-order valence-corrected chi connectivity index (χ4v) is 4.87. The monoisotopic (exact) mass is 327 g/mol. The lowest BCUT2D eigenvalue weighted by Crippen LogP contribution is -2.37. The number of nitrogens with zero attached hydrogens (tertiary/aromatic N) is 1. The van der Waals surface area contributed by atoms with Gasteiger partial charge in [-0.3, -0.25) is 9.69 Å². The molecule has 0 spiro atoms. The van der Waals surface area contributed by atoms with Gasteiger partial charge in [0.2, 0.25) is 0 Å². The summed E-state index contributed by atoms with van der Waals surface area (Å²) in [6.07, 6.45) is 8.46. The maximum atomic E-state index is 11.5. The summed E-state index contributed by atoms with van der Waals surface area (Å²) in [5.74, 6) is 1.73. The molecule has 0 unspecified atom stereocenters. The number of phenols is 1. The number of hydrogen-bond donors (Lipinski definition) is 1. The van der Waals surface area contributed by atoms with Crippen LogP contribution < -0.4 is 4.74 Å². The molecule has 1 N–H and O–H groups in total. The number of carbonyl (C=O) groups excluding carboxylic acids is 1. The summed E-state index contributed by atoms with van der Waals surface area (Å²) in [5.41, 5.74) is 3.73. The van der Waals surface area contributed by atoms with E-state index in [1.807, 2.05) is 6.07 Å². The number of likely N-dealkylation sites (N-methyl/N-ethyl adjacent to an activating group) is 1. The van der Waals surface area contributed by atoms with Crippen molar-refractivity contribution in [1.29, 1.82) is 0 Å². The molecule has 0 radical (unpaired) electrons. The molecule has 1 aromatic carbocycles. The highest BCUT2D eigenvalue weighted by Gasteiger charge is 2.40. The predicted molar refractivity (Wildman–Crippen MR) is 92.6 cm³/mol. The largest absolute Gasteiger partial charge is 0.504 e. The zero-order valence-electron chi connectivity index (χ0n) is 14.4. The number of carbonyl (C=O) groups is 1. The van der Waals surface area contributed by atoms with Crippen molar-refractivity contribution in [3.05, 3.63) is 34.9 Å². The zero-order valence-corrected chi connectivity index (χ0v) is 14.4. The van der Waals surface area contributed by atoms with Gasteiger partial charge in [-0.25, -0.2) is 0 Å². The third-order valence-corrected chi connectivity index (χ3v) is 6.14. The standard InChI is InChI=1S/C20H25NO3/c1-21-10-9-13-11-17(24-2)20(23)19-15(7-8-16(21)18(13)19)12-3-5-14(22)6-4-12/h3,5,11-12,15-16,23H,4,6-10H2,1-2H3/t12-,15+,16-/m1/s1. The molecule has 0 saturated heterocycles. The van der Waals surface area contributed by atoms with Crippen LogP contribution in [0.5, 0.6) is 11.5 Å². The number of hydrogen-bond acceptors (Lipinski definition) is 4. The van der Waals surface area contributed by atoms with E-state index in [9.17, 15) is 9.90 Å².